The van der Waals surface area contributed by atoms with Crippen LogP contribution in [0.15, 0.2) is 24.3 Å². The highest BCUT2D eigenvalue weighted by Crippen LogP contribution is 2.25. The molecule has 2 atom stereocenters. The number of hydrogen-bond donors (Lipinski definition) is 2. The van der Waals surface area contributed by atoms with Gasteiger partial charge in [-0.2, -0.15) is 0 Å². The number of carboxylic acids is 1. The molecule has 0 aliphatic heterocycles. The fraction of sp³-hybridized carbons (Fsp3) is 0.467. The maximum Gasteiger partial charge on any atom is 0.317 e. The quantitative estimate of drug-likeness (QED) is 0.898. The number of hydrogen-bond acceptors (Lipinski definition) is 2. The molecule has 1 fully saturated rings. The average molecular weight is 311 g/mol. The largest absolute Gasteiger partial charge is 0.481 e. The van der Waals surface area contributed by atoms with Crippen molar-refractivity contribution in [1.82, 2.24) is 10.2 Å². The minimum absolute atomic E-state index is 0.0552. The lowest BCUT2D eigenvalue weighted by Gasteiger charge is -2.21. The minimum Gasteiger partial charge on any atom is -0.481 e. The van der Waals surface area contributed by atoms with E-state index in [1.807, 2.05) is 18.2 Å². The highest BCUT2D eigenvalue weighted by Gasteiger charge is 2.30. The van der Waals surface area contributed by atoms with Gasteiger partial charge in [-0.05, 0) is 37.0 Å². The minimum atomic E-state index is -0.779. The third-order valence-corrected chi connectivity index (χ3v) is 4.00. The van der Waals surface area contributed by atoms with Crippen molar-refractivity contribution < 1.29 is 14.7 Å². The topological polar surface area (TPSA) is 69.6 Å². The number of halogens is 1. The fourth-order valence-corrected chi connectivity index (χ4v) is 2.82. The second-order valence-corrected chi connectivity index (χ2v) is 5.92. The predicted molar refractivity (Wildman–Crippen MR) is 80.2 cm³/mol. The van der Waals surface area contributed by atoms with E-state index in [2.05, 4.69) is 5.32 Å². The van der Waals surface area contributed by atoms with Crippen LogP contribution in [0.1, 0.15) is 24.8 Å². The van der Waals surface area contributed by atoms with Gasteiger partial charge in [0, 0.05) is 24.7 Å². The fourth-order valence-electron chi connectivity index (χ4n) is 2.60. The molecule has 0 spiro atoms. The summed E-state index contributed by atoms with van der Waals surface area (Å²) in [5.74, 6) is -1.12. The zero-order valence-electron chi connectivity index (χ0n) is 11.9. The van der Waals surface area contributed by atoms with Crippen molar-refractivity contribution in [3.05, 3.63) is 34.9 Å². The molecular weight excluding hydrogens is 292 g/mol. The van der Waals surface area contributed by atoms with Crippen LogP contribution in [0.4, 0.5) is 4.79 Å². The molecule has 1 aliphatic rings. The van der Waals surface area contributed by atoms with E-state index in [0.717, 1.165) is 5.56 Å². The van der Waals surface area contributed by atoms with E-state index in [1.165, 1.54) is 0 Å². The number of nitrogens with one attached hydrogen (secondary N) is 1. The van der Waals surface area contributed by atoms with Gasteiger partial charge >= 0.3 is 12.0 Å². The summed E-state index contributed by atoms with van der Waals surface area (Å²) in [6.45, 7) is 0.460. The van der Waals surface area contributed by atoms with Gasteiger partial charge in [0.05, 0.1) is 5.92 Å². The third kappa shape index (κ3) is 4.36. The molecule has 1 aromatic carbocycles. The van der Waals surface area contributed by atoms with Crippen LogP contribution in [0.2, 0.25) is 5.02 Å². The molecule has 1 aliphatic carbocycles. The van der Waals surface area contributed by atoms with Crippen molar-refractivity contribution in [2.45, 2.75) is 31.8 Å². The van der Waals surface area contributed by atoms with Gasteiger partial charge in [0.2, 0.25) is 0 Å². The lowest BCUT2D eigenvalue weighted by Crippen LogP contribution is -2.42. The zero-order valence-corrected chi connectivity index (χ0v) is 12.6. The number of carbonyl (C=O) groups is 2. The van der Waals surface area contributed by atoms with E-state index in [1.54, 1.807) is 18.0 Å². The Morgan fingerprint density at radius 3 is 2.81 bits per heavy atom. The van der Waals surface area contributed by atoms with Gasteiger partial charge < -0.3 is 15.3 Å². The van der Waals surface area contributed by atoms with Crippen molar-refractivity contribution in [3.8, 4) is 0 Å². The highest BCUT2D eigenvalue weighted by molar-refractivity contribution is 6.30. The lowest BCUT2D eigenvalue weighted by molar-refractivity contribution is -0.141. The Morgan fingerprint density at radius 2 is 2.19 bits per heavy atom. The molecule has 21 heavy (non-hydrogen) atoms. The monoisotopic (exact) mass is 310 g/mol. The number of amides is 2. The Bertz CT molecular complexity index is 535. The standard InChI is InChI=1S/C15H19ClN2O3/c1-18(9-10-3-2-4-12(16)7-10)15(21)17-13-6-5-11(8-13)14(19)20/h2-4,7,11,13H,5-6,8-9H2,1H3,(H,17,21)(H,19,20). The number of aliphatic carboxylic acids is 1. The predicted octanol–water partition coefficient (Wildman–Crippen LogP) is 2.73. The van der Waals surface area contributed by atoms with E-state index in [0.29, 0.717) is 30.8 Å². The molecule has 6 heteroatoms. The van der Waals surface area contributed by atoms with Crippen LogP contribution in [0.5, 0.6) is 0 Å². The molecule has 0 saturated heterocycles. The van der Waals surface area contributed by atoms with Crippen molar-refractivity contribution in [2.24, 2.45) is 5.92 Å². The molecule has 2 rings (SSSR count). The smallest absolute Gasteiger partial charge is 0.317 e. The summed E-state index contributed by atoms with van der Waals surface area (Å²) in [5, 5.41) is 12.5. The first kappa shape index (κ1) is 15.6. The molecule has 0 radical (unpaired) electrons. The second-order valence-electron chi connectivity index (χ2n) is 5.48. The SMILES string of the molecule is CN(Cc1cccc(Cl)c1)C(=O)NC1CCC(C(=O)O)C1. The van der Waals surface area contributed by atoms with Gasteiger partial charge in [-0.15, -0.1) is 0 Å². The molecule has 0 heterocycles. The summed E-state index contributed by atoms with van der Waals surface area (Å²) in [5.41, 5.74) is 0.954. The van der Waals surface area contributed by atoms with E-state index < -0.39 is 5.97 Å². The Hall–Kier alpha value is -1.75. The Labute approximate surface area is 128 Å². The van der Waals surface area contributed by atoms with E-state index in [-0.39, 0.29) is 18.0 Å². The van der Waals surface area contributed by atoms with Crippen LogP contribution in [0.25, 0.3) is 0 Å². The third-order valence-electron chi connectivity index (χ3n) is 3.76. The van der Waals surface area contributed by atoms with Gasteiger partial charge in [-0.3, -0.25) is 4.79 Å². The van der Waals surface area contributed by atoms with E-state index >= 15 is 0 Å². The van der Waals surface area contributed by atoms with Crippen LogP contribution >= 0.6 is 11.6 Å². The molecule has 0 bridgehead atoms. The van der Waals surface area contributed by atoms with Crippen molar-refractivity contribution >= 4 is 23.6 Å². The second kappa shape index (κ2) is 6.80. The molecular formula is C15H19ClN2O3. The molecule has 2 amide bonds. The van der Waals surface area contributed by atoms with Crippen molar-refractivity contribution in [3.63, 3.8) is 0 Å². The molecule has 1 saturated carbocycles. The first-order chi connectivity index (χ1) is 9.95. The number of urea groups is 1. The number of carboxylic acid groups (broad SMARTS) is 1. The van der Waals surface area contributed by atoms with Crippen LogP contribution in [-0.4, -0.2) is 35.1 Å². The van der Waals surface area contributed by atoms with Gasteiger partial charge in [0.1, 0.15) is 0 Å². The molecule has 2 unspecified atom stereocenters. The van der Waals surface area contributed by atoms with Crippen molar-refractivity contribution in [2.75, 3.05) is 7.05 Å². The number of nitrogens with zero attached hydrogens (tertiary/aromatic N) is 1. The maximum atomic E-state index is 12.1. The summed E-state index contributed by atoms with van der Waals surface area (Å²) in [6.07, 6.45) is 1.85. The van der Waals surface area contributed by atoms with Gasteiger partial charge in [-0.25, -0.2) is 4.79 Å². The van der Waals surface area contributed by atoms with Crippen LogP contribution in [-0.2, 0) is 11.3 Å². The Morgan fingerprint density at radius 1 is 1.43 bits per heavy atom. The van der Waals surface area contributed by atoms with Crippen LogP contribution in [0, 0.1) is 5.92 Å². The maximum absolute atomic E-state index is 12.1. The molecule has 1 aromatic rings. The molecule has 114 valence electrons. The van der Waals surface area contributed by atoms with E-state index in [4.69, 9.17) is 16.7 Å². The van der Waals surface area contributed by atoms with Gasteiger partial charge in [-0.1, -0.05) is 23.7 Å². The van der Waals surface area contributed by atoms with Crippen molar-refractivity contribution in [1.29, 1.82) is 0 Å². The number of carbonyl (C=O) groups excluding carboxylic acids is 1. The summed E-state index contributed by atoms with van der Waals surface area (Å²) in [6, 6.07) is 7.12. The number of rotatable bonds is 4. The molecule has 5 nitrogen and oxygen atoms in total. The van der Waals surface area contributed by atoms with Gasteiger partial charge in [0.25, 0.3) is 0 Å². The molecule has 2 N–H and O–H groups in total. The Balaban J connectivity index is 1.84. The van der Waals surface area contributed by atoms with E-state index in [9.17, 15) is 9.59 Å². The average Bonchev–Trinajstić information content (AvgIpc) is 2.87. The first-order valence-corrected chi connectivity index (χ1v) is 7.32. The zero-order chi connectivity index (χ0) is 15.4. The summed E-state index contributed by atoms with van der Waals surface area (Å²) in [7, 11) is 1.71. The summed E-state index contributed by atoms with van der Waals surface area (Å²) >= 11 is 5.92. The highest BCUT2D eigenvalue weighted by atomic mass is 35.5. The van der Waals surface area contributed by atoms with Crippen LogP contribution in [0.3, 0.4) is 0 Å². The number of benzene rings is 1. The summed E-state index contributed by atoms with van der Waals surface area (Å²) in [4.78, 5) is 24.6. The molecule has 0 aromatic heterocycles. The lowest BCUT2D eigenvalue weighted by atomic mass is 10.1. The normalized spacial score (nSPS) is 21.0. The van der Waals surface area contributed by atoms with Crippen LogP contribution < -0.4 is 5.32 Å². The Kier molecular flexibility index (Phi) is 5.07. The van der Waals surface area contributed by atoms with Gasteiger partial charge in [0.15, 0.2) is 0 Å². The first-order valence-electron chi connectivity index (χ1n) is 6.94. The summed E-state index contributed by atoms with van der Waals surface area (Å²) < 4.78 is 0.